The highest BCUT2D eigenvalue weighted by molar-refractivity contribution is 6.30. The van der Waals surface area contributed by atoms with Gasteiger partial charge in [0.1, 0.15) is 0 Å². The van der Waals surface area contributed by atoms with Gasteiger partial charge in [-0.3, -0.25) is 4.79 Å². The van der Waals surface area contributed by atoms with Crippen molar-refractivity contribution in [1.29, 1.82) is 0 Å². The van der Waals surface area contributed by atoms with E-state index in [4.69, 9.17) is 17.3 Å². The van der Waals surface area contributed by atoms with Crippen molar-refractivity contribution >= 4 is 23.5 Å². The molecule has 3 rings (SSSR count). The second kappa shape index (κ2) is 6.93. The van der Waals surface area contributed by atoms with Crippen LogP contribution in [0.4, 0.5) is 4.79 Å². The van der Waals surface area contributed by atoms with Crippen LogP contribution in [-0.2, 0) is 19.5 Å². The summed E-state index contributed by atoms with van der Waals surface area (Å²) < 4.78 is 0. The first-order valence-electron chi connectivity index (χ1n) is 7.72. The predicted octanol–water partition coefficient (Wildman–Crippen LogP) is 2.71. The summed E-state index contributed by atoms with van der Waals surface area (Å²) in [4.78, 5) is 25.2. The fraction of sp³-hybridized carbons (Fsp3) is 0.222. The topological polar surface area (TPSA) is 75.4 Å². The van der Waals surface area contributed by atoms with Gasteiger partial charge in [-0.2, -0.15) is 0 Å². The van der Waals surface area contributed by atoms with Gasteiger partial charge in [0.25, 0.3) is 0 Å². The Morgan fingerprint density at radius 1 is 1.12 bits per heavy atom. The van der Waals surface area contributed by atoms with Crippen LogP contribution in [0.1, 0.15) is 27.0 Å². The molecule has 0 bridgehead atoms. The number of hydrogen-bond donors (Lipinski definition) is 2. The van der Waals surface area contributed by atoms with Gasteiger partial charge in [-0.25, -0.2) is 4.79 Å². The summed E-state index contributed by atoms with van der Waals surface area (Å²) in [5.74, 6) is -0.460. The Morgan fingerprint density at radius 2 is 1.88 bits per heavy atom. The molecule has 2 aromatic carbocycles. The Labute approximate surface area is 145 Å². The van der Waals surface area contributed by atoms with Crippen LogP contribution in [0.15, 0.2) is 42.5 Å². The van der Waals surface area contributed by atoms with Gasteiger partial charge in [0.15, 0.2) is 0 Å². The number of hydrogen-bond acceptors (Lipinski definition) is 2. The van der Waals surface area contributed by atoms with Crippen LogP contribution in [-0.4, -0.2) is 23.4 Å². The van der Waals surface area contributed by atoms with E-state index in [-0.39, 0.29) is 6.03 Å². The van der Waals surface area contributed by atoms with Crippen molar-refractivity contribution in [1.82, 2.24) is 10.2 Å². The first kappa shape index (κ1) is 16.3. The maximum atomic E-state index is 12.3. The van der Waals surface area contributed by atoms with E-state index in [1.807, 2.05) is 18.2 Å². The Kier molecular flexibility index (Phi) is 4.71. The Balaban J connectivity index is 1.57. The second-order valence-electron chi connectivity index (χ2n) is 5.80. The molecule has 0 atom stereocenters. The van der Waals surface area contributed by atoms with Crippen LogP contribution in [0.5, 0.6) is 0 Å². The Morgan fingerprint density at radius 3 is 2.58 bits per heavy atom. The van der Waals surface area contributed by atoms with Crippen molar-refractivity contribution in [3.05, 3.63) is 69.7 Å². The van der Waals surface area contributed by atoms with Gasteiger partial charge in [0, 0.05) is 30.2 Å². The molecule has 24 heavy (non-hydrogen) atoms. The molecule has 0 fully saturated rings. The minimum Gasteiger partial charge on any atom is -0.366 e. The van der Waals surface area contributed by atoms with E-state index in [0.29, 0.717) is 25.2 Å². The monoisotopic (exact) mass is 343 g/mol. The molecule has 0 spiro atoms. The summed E-state index contributed by atoms with van der Waals surface area (Å²) in [6.07, 6.45) is 0.802. The molecule has 0 saturated carbocycles. The van der Waals surface area contributed by atoms with E-state index in [9.17, 15) is 9.59 Å². The summed E-state index contributed by atoms with van der Waals surface area (Å²) in [6, 6.07) is 12.6. The lowest BCUT2D eigenvalue weighted by Crippen LogP contribution is -2.42. The van der Waals surface area contributed by atoms with Gasteiger partial charge >= 0.3 is 6.03 Å². The molecule has 0 aromatic heterocycles. The number of carbonyl (C=O) groups excluding carboxylic acids is 2. The number of fused-ring (bicyclic) bond motifs is 1. The highest BCUT2D eigenvalue weighted by Gasteiger charge is 2.20. The summed E-state index contributed by atoms with van der Waals surface area (Å²) >= 11 is 6.00. The number of nitrogens with one attached hydrogen (secondary N) is 1. The lowest BCUT2D eigenvalue weighted by atomic mass is 10.0. The Hall–Kier alpha value is -2.53. The van der Waals surface area contributed by atoms with Gasteiger partial charge in [-0.05, 0) is 47.4 Å². The fourth-order valence-electron chi connectivity index (χ4n) is 2.77. The molecule has 1 heterocycles. The number of amides is 3. The Bertz CT molecular complexity index is 774. The summed E-state index contributed by atoms with van der Waals surface area (Å²) in [5.41, 5.74) is 8.91. The molecule has 2 aromatic rings. The van der Waals surface area contributed by atoms with Crippen molar-refractivity contribution < 1.29 is 9.59 Å². The number of urea groups is 1. The number of carbonyl (C=O) groups is 2. The largest absolute Gasteiger partial charge is 0.366 e. The molecule has 0 saturated heterocycles. The van der Waals surface area contributed by atoms with Gasteiger partial charge < -0.3 is 16.0 Å². The molecule has 0 aliphatic carbocycles. The molecule has 6 heteroatoms. The first-order valence-corrected chi connectivity index (χ1v) is 8.09. The molecule has 1 aliphatic heterocycles. The van der Waals surface area contributed by atoms with Crippen LogP contribution in [0, 0.1) is 0 Å². The van der Waals surface area contributed by atoms with Crippen molar-refractivity contribution in [2.45, 2.75) is 19.5 Å². The van der Waals surface area contributed by atoms with Crippen LogP contribution >= 0.6 is 11.6 Å². The average Bonchev–Trinajstić information content (AvgIpc) is 2.59. The first-order chi connectivity index (χ1) is 11.5. The van der Waals surface area contributed by atoms with Crippen molar-refractivity contribution in [2.24, 2.45) is 5.73 Å². The minimum atomic E-state index is -0.460. The van der Waals surface area contributed by atoms with Gasteiger partial charge in [0.05, 0.1) is 0 Å². The normalized spacial score (nSPS) is 13.3. The lowest BCUT2D eigenvalue weighted by molar-refractivity contribution is 0.1000. The van der Waals surface area contributed by atoms with Gasteiger partial charge in [-0.15, -0.1) is 0 Å². The number of nitrogens with zero attached hydrogens (tertiary/aromatic N) is 1. The zero-order valence-electron chi connectivity index (χ0n) is 13.1. The molecule has 3 N–H and O–H groups in total. The zero-order chi connectivity index (χ0) is 17.1. The maximum Gasteiger partial charge on any atom is 0.317 e. The van der Waals surface area contributed by atoms with E-state index in [0.717, 1.165) is 22.6 Å². The van der Waals surface area contributed by atoms with E-state index in [1.165, 1.54) is 5.56 Å². The zero-order valence-corrected chi connectivity index (χ0v) is 13.8. The van der Waals surface area contributed by atoms with Crippen LogP contribution in [0.25, 0.3) is 0 Å². The lowest BCUT2D eigenvalue weighted by Gasteiger charge is -2.29. The maximum absolute atomic E-state index is 12.3. The molecular formula is C18H18ClN3O2. The SMILES string of the molecule is NC(=O)c1ccc(CNC(=O)N2CCc3cc(Cl)ccc3C2)cc1. The molecule has 1 aliphatic rings. The standard InChI is InChI=1S/C18H18ClN3O2/c19-16-6-5-15-11-22(8-7-14(15)9-16)18(24)21-10-12-1-3-13(4-2-12)17(20)23/h1-6,9H,7-8,10-11H2,(H2,20,23)(H,21,24). The number of primary amides is 1. The highest BCUT2D eigenvalue weighted by Crippen LogP contribution is 2.22. The number of nitrogens with two attached hydrogens (primary N) is 1. The third-order valence-electron chi connectivity index (χ3n) is 4.15. The smallest absolute Gasteiger partial charge is 0.317 e. The van der Waals surface area contributed by atoms with Gasteiger partial charge in [-0.1, -0.05) is 29.8 Å². The van der Waals surface area contributed by atoms with E-state index in [2.05, 4.69) is 5.32 Å². The molecule has 0 radical (unpaired) electrons. The van der Waals surface area contributed by atoms with Crippen molar-refractivity contribution in [3.8, 4) is 0 Å². The minimum absolute atomic E-state index is 0.102. The van der Waals surface area contributed by atoms with Crippen LogP contribution in [0.2, 0.25) is 5.02 Å². The number of benzene rings is 2. The molecule has 0 unspecified atom stereocenters. The van der Waals surface area contributed by atoms with Crippen LogP contribution < -0.4 is 11.1 Å². The van der Waals surface area contributed by atoms with Crippen molar-refractivity contribution in [2.75, 3.05) is 6.54 Å². The van der Waals surface area contributed by atoms with Crippen LogP contribution in [0.3, 0.4) is 0 Å². The third-order valence-corrected chi connectivity index (χ3v) is 4.39. The quantitative estimate of drug-likeness (QED) is 0.899. The summed E-state index contributed by atoms with van der Waals surface area (Å²) in [5, 5.41) is 3.63. The molecule has 124 valence electrons. The number of halogens is 1. The third kappa shape index (κ3) is 3.68. The average molecular weight is 344 g/mol. The van der Waals surface area contributed by atoms with Gasteiger partial charge in [0.2, 0.25) is 5.91 Å². The summed E-state index contributed by atoms with van der Waals surface area (Å²) in [7, 11) is 0. The van der Waals surface area contributed by atoms with E-state index >= 15 is 0 Å². The molecular weight excluding hydrogens is 326 g/mol. The second-order valence-corrected chi connectivity index (χ2v) is 6.24. The summed E-state index contributed by atoms with van der Waals surface area (Å²) in [6.45, 7) is 1.65. The molecule has 5 nitrogen and oxygen atoms in total. The van der Waals surface area contributed by atoms with Crippen molar-refractivity contribution in [3.63, 3.8) is 0 Å². The molecule has 3 amide bonds. The van der Waals surface area contributed by atoms with E-state index < -0.39 is 5.91 Å². The predicted molar refractivity (Wildman–Crippen MR) is 92.8 cm³/mol. The van der Waals surface area contributed by atoms with E-state index in [1.54, 1.807) is 29.2 Å². The fourth-order valence-corrected chi connectivity index (χ4v) is 2.97. The number of rotatable bonds is 3. The highest BCUT2D eigenvalue weighted by atomic mass is 35.5.